The molecule has 0 spiro atoms. The van der Waals surface area contributed by atoms with Crippen molar-refractivity contribution in [1.29, 1.82) is 0 Å². The average Bonchev–Trinajstić information content (AvgIpc) is 2.60. The highest BCUT2D eigenvalue weighted by molar-refractivity contribution is 6.87. The van der Waals surface area contributed by atoms with Crippen LogP contribution in [0, 0.1) is 0 Å². The number of pyridine rings is 1. The van der Waals surface area contributed by atoms with Gasteiger partial charge in [0.2, 0.25) is 22.1 Å². The fourth-order valence-electron chi connectivity index (χ4n) is 3.21. The minimum atomic E-state index is -2.94. The Labute approximate surface area is 169 Å². The van der Waals surface area contributed by atoms with Gasteiger partial charge in [0, 0.05) is 34.0 Å². The molecule has 1 heterocycles. The number of anilines is 1. The predicted octanol–water partition coefficient (Wildman–Crippen LogP) is 1.29. The number of hydrogen-bond acceptors (Lipinski definition) is 5. The van der Waals surface area contributed by atoms with Crippen molar-refractivity contribution in [2.45, 2.75) is 26.2 Å². The maximum absolute atomic E-state index is 12.8. The summed E-state index contributed by atoms with van der Waals surface area (Å²) < 4.78 is 0. The summed E-state index contributed by atoms with van der Waals surface area (Å²) in [6, 6.07) is 9.77. The summed E-state index contributed by atoms with van der Waals surface area (Å²) in [6.07, 6.45) is 1.35. The minimum Gasteiger partial charge on any atom is -0.508 e. The van der Waals surface area contributed by atoms with Crippen LogP contribution in [0.1, 0.15) is 10.4 Å². The van der Waals surface area contributed by atoms with E-state index in [9.17, 15) is 24.3 Å². The molecule has 5 N–H and O–H groups in total. The van der Waals surface area contributed by atoms with Crippen molar-refractivity contribution in [2.24, 2.45) is 0 Å². The summed E-state index contributed by atoms with van der Waals surface area (Å²) in [5.74, 6) is -0.807. The number of phenols is 1. The second-order valence-corrected chi connectivity index (χ2v) is 15.4. The van der Waals surface area contributed by atoms with E-state index in [0.717, 1.165) is 0 Å². The number of H-pyrrole nitrogens is 1. The largest absolute Gasteiger partial charge is 0.508 e. The van der Waals surface area contributed by atoms with Crippen molar-refractivity contribution in [2.75, 3.05) is 5.32 Å². The van der Waals surface area contributed by atoms with Gasteiger partial charge in [0.1, 0.15) is 11.3 Å². The highest BCUT2D eigenvalue weighted by Gasteiger charge is 2.31. The van der Waals surface area contributed by atoms with Crippen LogP contribution >= 0.6 is 0 Å². The topological polar surface area (TPSA) is 123 Å². The van der Waals surface area contributed by atoms with Gasteiger partial charge < -0.3 is 25.0 Å². The van der Waals surface area contributed by atoms with Crippen LogP contribution in [0.15, 0.2) is 47.4 Å². The second kappa shape index (κ2) is 7.27. The first-order chi connectivity index (χ1) is 13.4. The SMILES string of the molecule is C[Si](C)(O)c1cc([Si](C)(C)O)c(NC(=O)c2c[nH]c3ccccc3c2=O)cc1O. The summed E-state index contributed by atoms with van der Waals surface area (Å²) in [5, 5.41) is 14.3. The standard InChI is InChI=1S/C20H24N2O5Si2/c1-28(2,26)17-10-18(29(3,4)27)16(23)9-15(17)22-20(25)13-11-21-14-8-6-5-7-12(14)19(13)24/h5-11,23,26-27H,1-4H3,(H,21,24)(H,22,25). The van der Waals surface area contributed by atoms with Crippen LogP contribution in [0.2, 0.25) is 26.2 Å². The fourth-order valence-corrected chi connectivity index (χ4v) is 5.85. The molecule has 7 nitrogen and oxygen atoms in total. The molecule has 0 fully saturated rings. The van der Waals surface area contributed by atoms with Crippen molar-refractivity contribution < 1.29 is 19.5 Å². The molecule has 0 aliphatic carbocycles. The van der Waals surface area contributed by atoms with Gasteiger partial charge in [-0.25, -0.2) is 0 Å². The molecular weight excluding hydrogens is 404 g/mol. The lowest BCUT2D eigenvalue weighted by Crippen LogP contribution is -2.49. The molecule has 152 valence electrons. The smallest absolute Gasteiger partial charge is 0.261 e. The zero-order chi connectivity index (χ0) is 21.6. The van der Waals surface area contributed by atoms with Gasteiger partial charge in [0.15, 0.2) is 0 Å². The number of carbonyl (C=O) groups excluding carboxylic acids is 1. The number of hydrogen-bond donors (Lipinski definition) is 5. The molecular formula is C20H24N2O5Si2. The lowest BCUT2D eigenvalue weighted by Gasteiger charge is -2.24. The first kappa shape index (κ1) is 21.0. The molecule has 3 rings (SSSR count). The number of benzene rings is 2. The van der Waals surface area contributed by atoms with E-state index in [-0.39, 0.29) is 17.0 Å². The van der Waals surface area contributed by atoms with E-state index in [2.05, 4.69) is 10.3 Å². The molecule has 0 unspecified atom stereocenters. The Morgan fingerprint density at radius 3 is 2.24 bits per heavy atom. The first-order valence-corrected chi connectivity index (χ1v) is 15.0. The van der Waals surface area contributed by atoms with Crippen LogP contribution in [0.3, 0.4) is 0 Å². The molecule has 0 aliphatic rings. The van der Waals surface area contributed by atoms with E-state index in [1.165, 1.54) is 12.3 Å². The maximum atomic E-state index is 12.8. The van der Waals surface area contributed by atoms with Crippen molar-refractivity contribution in [1.82, 2.24) is 4.98 Å². The van der Waals surface area contributed by atoms with Crippen LogP contribution in [0.4, 0.5) is 5.69 Å². The Kier molecular flexibility index (Phi) is 5.26. The quantitative estimate of drug-likeness (QED) is 0.401. The highest BCUT2D eigenvalue weighted by atomic mass is 28.4. The molecule has 0 radical (unpaired) electrons. The summed E-state index contributed by atoms with van der Waals surface area (Å²) >= 11 is 0. The van der Waals surface area contributed by atoms with Crippen molar-refractivity contribution in [3.05, 3.63) is 58.4 Å². The molecule has 2 aromatic carbocycles. The predicted molar refractivity (Wildman–Crippen MR) is 119 cm³/mol. The molecule has 3 aromatic rings. The Morgan fingerprint density at radius 2 is 1.62 bits per heavy atom. The van der Waals surface area contributed by atoms with E-state index >= 15 is 0 Å². The molecule has 1 amide bonds. The van der Waals surface area contributed by atoms with Crippen molar-refractivity contribution in [3.63, 3.8) is 0 Å². The van der Waals surface area contributed by atoms with E-state index in [0.29, 0.717) is 21.3 Å². The van der Waals surface area contributed by atoms with Gasteiger partial charge in [-0.05, 0) is 43.5 Å². The summed E-state index contributed by atoms with van der Waals surface area (Å²) in [6.45, 7) is 6.66. The normalized spacial score (nSPS) is 12.2. The number of phenolic OH excluding ortho intramolecular Hbond substituents is 1. The van der Waals surface area contributed by atoms with Crippen molar-refractivity contribution in [3.8, 4) is 5.75 Å². The summed E-state index contributed by atoms with van der Waals surface area (Å²) in [7, 11) is -5.80. The summed E-state index contributed by atoms with van der Waals surface area (Å²) in [4.78, 5) is 49.6. The fraction of sp³-hybridized carbons (Fsp3) is 0.200. The number of carbonyl (C=O) groups is 1. The number of aromatic amines is 1. The maximum Gasteiger partial charge on any atom is 0.261 e. The van der Waals surface area contributed by atoms with E-state index in [1.807, 2.05) is 0 Å². The van der Waals surface area contributed by atoms with Gasteiger partial charge in [-0.2, -0.15) is 0 Å². The molecule has 29 heavy (non-hydrogen) atoms. The van der Waals surface area contributed by atoms with Gasteiger partial charge in [-0.1, -0.05) is 18.2 Å². The minimum absolute atomic E-state index is 0.0764. The van der Waals surface area contributed by atoms with E-state index < -0.39 is 28.0 Å². The number of nitrogens with one attached hydrogen (secondary N) is 2. The van der Waals surface area contributed by atoms with Gasteiger partial charge in [-0.3, -0.25) is 9.59 Å². The lowest BCUT2D eigenvalue weighted by atomic mass is 10.1. The molecule has 1 aromatic heterocycles. The number of aromatic nitrogens is 1. The van der Waals surface area contributed by atoms with Gasteiger partial charge in [0.05, 0.1) is 0 Å². The van der Waals surface area contributed by atoms with Crippen LogP contribution in [0.25, 0.3) is 10.9 Å². The molecule has 0 saturated carbocycles. The third kappa shape index (κ3) is 4.17. The van der Waals surface area contributed by atoms with Gasteiger partial charge >= 0.3 is 0 Å². The molecule has 0 saturated heterocycles. The third-order valence-corrected chi connectivity index (χ3v) is 8.19. The number of fused-ring (bicyclic) bond motifs is 1. The zero-order valence-corrected chi connectivity index (χ0v) is 18.7. The highest BCUT2D eigenvalue weighted by Crippen LogP contribution is 2.20. The lowest BCUT2D eigenvalue weighted by molar-refractivity contribution is 0.102. The number of rotatable bonds is 4. The Hall–Kier alpha value is -2.73. The van der Waals surface area contributed by atoms with Crippen LogP contribution in [0.5, 0.6) is 5.75 Å². The Balaban J connectivity index is 2.08. The van der Waals surface area contributed by atoms with Crippen LogP contribution in [-0.2, 0) is 0 Å². The Bertz CT molecular complexity index is 1160. The monoisotopic (exact) mass is 428 g/mol. The van der Waals surface area contributed by atoms with Crippen LogP contribution < -0.4 is 21.1 Å². The summed E-state index contributed by atoms with van der Waals surface area (Å²) in [5.41, 5.74) is 0.355. The first-order valence-electron chi connectivity index (χ1n) is 9.14. The van der Waals surface area contributed by atoms with E-state index in [1.54, 1.807) is 56.5 Å². The number of amides is 1. The van der Waals surface area contributed by atoms with Gasteiger partial charge in [-0.15, -0.1) is 0 Å². The molecule has 9 heteroatoms. The molecule has 0 aliphatic heterocycles. The van der Waals surface area contributed by atoms with Crippen molar-refractivity contribution >= 4 is 49.5 Å². The number of para-hydroxylation sites is 1. The second-order valence-electron chi connectivity index (χ2n) is 8.06. The Morgan fingerprint density at radius 1 is 1.00 bits per heavy atom. The zero-order valence-electron chi connectivity index (χ0n) is 16.7. The molecule has 0 atom stereocenters. The van der Waals surface area contributed by atoms with Gasteiger partial charge in [0.25, 0.3) is 5.91 Å². The van der Waals surface area contributed by atoms with Crippen LogP contribution in [-0.4, -0.2) is 42.2 Å². The number of aromatic hydroxyl groups is 1. The molecule has 0 bridgehead atoms. The average molecular weight is 429 g/mol. The third-order valence-electron chi connectivity index (χ3n) is 4.74. The van der Waals surface area contributed by atoms with E-state index in [4.69, 9.17) is 0 Å².